The lowest BCUT2D eigenvalue weighted by Crippen LogP contribution is -2.40. The third kappa shape index (κ3) is 3.38. The van der Waals surface area contributed by atoms with Gasteiger partial charge in [-0.1, -0.05) is 0 Å². The third-order valence-electron chi connectivity index (χ3n) is 2.50. The number of methoxy groups -OCH3 is 1. The standard InChI is InChI=1S/C11H17FN4O2/c1-11(2,18-3)6-15-10(17)7-4-5-14-9(16-13)8(7)12/h4-5H,6,13H2,1-3H3,(H,14,16)(H,15,17). The van der Waals surface area contributed by atoms with Crippen LogP contribution in [0.2, 0.25) is 0 Å². The molecule has 1 rings (SSSR count). The average Bonchev–Trinajstić information content (AvgIpc) is 2.36. The minimum atomic E-state index is -0.785. The second kappa shape index (κ2) is 5.74. The van der Waals surface area contributed by atoms with Gasteiger partial charge in [0.05, 0.1) is 11.2 Å². The first-order chi connectivity index (χ1) is 8.41. The maximum atomic E-state index is 13.7. The number of hydrogen-bond donors (Lipinski definition) is 3. The van der Waals surface area contributed by atoms with E-state index in [0.717, 1.165) is 0 Å². The number of carbonyl (C=O) groups excluding carboxylic acids is 1. The first kappa shape index (κ1) is 14.3. The van der Waals surface area contributed by atoms with E-state index in [1.54, 1.807) is 0 Å². The van der Waals surface area contributed by atoms with Crippen LogP contribution in [-0.4, -0.2) is 30.1 Å². The van der Waals surface area contributed by atoms with E-state index in [1.165, 1.54) is 19.4 Å². The van der Waals surface area contributed by atoms with Crippen molar-refractivity contribution in [2.45, 2.75) is 19.4 Å². The quantitative estimate of drug-likeness (QED) is 0.532. The molecule has 0 bridgehead atoms. The summed E-state index contributed by atoms with van der Waals surface area (Å²) in [6.45, 7) is 3.88. The van der Waals surface area contributed by atoms with Crippen molar-refractivity contribution in [2.24, 2.45) is 5.84 Å². The highest BCUT2D eigenvalue weighted by atomic mass is 19.1. The lowest BCUT2D eigenvalue weighted by molar-refractivity contribution is 0.0228. The van der Waals surface area contributed by atoms with E-state index in [0.29, 0.717) is 0 Å². The molecule has 0 aliphatic rings. The molecule has 100 valence electrons. The van der Waals surface area contributed by atoms with Crippen LogP contribution < -0.4 is 16.6 Å². The summed E-state index contributed by atoms with van der Waals surface area (Å²) in [5.41, 5.74) is 1.44. The fraction of sp³-hybridized carbons (Fsp3) is 0.455. The Morgan fingerprint density at radius 3 is 2.83 bits per heavy atom. The van der Waals surface area contributed by atoms with Crippen molar-refractivity contribution >= 4 is 11.7 Å². The van der Waals surface area contributed by atoms with Crippen LogP contribution in [0.4, 0.5) is 10.2 Å². The van der Waals surface area contributed by atoms with Gasteiger partial charge in [-0.15, -0.1) is 0 Å². The first-order valence-electron chi connectivity index (χ1n) is 5.36. The molecule has 7 heteroatoms. The number of pyridine rings is 1. The zero-order chi connectivity index (χ0) is 13.8. The van der Waals surface area contributed by atoms with Crippen molar-refractivity contribution in [2.75, 3.05) is 19.1 Å². The van der Waals surface area contributed by atoms with Crippen molar-refractivity contribution in [1.82, 2.24) is 10.3 Å². The zero-order valence-corrected chi connectivity index (χ0v) is 10.6. The van der Waals surface area contributed by atoms with Gasteiger partial charge in [-0.25, -0.2) is 15.2 Å². The maximum absolute atomic E-state index is 13.7. The van der Waals surface area contributed by atoms with Crippen LogP contribution in [0, 0.1) is 5.82 Å². The van der Waals surface area contributed by atoms with Crippen LogP contribution in [0.5, 0.6) is 0 Å². The Morgan fingerprint density at radius 2 is 2.28 bits per heavy atom. The summed E-state index contributed by atoms with van der Waals surface area (Å²) in [6.07, 6.45) is 1.30. The number of nitrogen functional groups attached to an aromatic ring is 1. The number of hydrogen-bond acceptors (Lipinski definition) is 5. The highest BCUT2D eigenvalue weighted by molar-refractivity contribution is 5.95. The summed E-state index contributed by atoms with van der Waals surface area (Å²) in [6, 6.07) is 1.28. The lowest BCUT2D eigenvalue weighted by atomic mass is 10.1. The molecule has 6 nitrogen and oxygen atoms in total. The van der Waals surface area contributed by atoms with E-state index >= 15 is 0 Å². The van der Waals surface area contributed by atoms with Gasteiger partial charge in [-0.3, -0.25) is 4.79 Å². The maximum Gasteiger partial charge on any atom is 0.254 e. The number of rotatable bonds is 5. The van der Waals surface area contributed by atoms with Gasteiger partial charge in [0.25, 0.3) is 5.91 Å². The molecule has 1 aromatic rings. The van der Waals surface area contributed by atoms with Gasteiger partial charge in [0, 0.05) is 19.9 Å². The largest absolute Gasteiger partial charge is 0.377 e. The number of anilines is 1. The molecule has 1 heterocycles. The Labute approximate surface area is 105 Å². The highest BCUT2D eigenvalue weighted by Crippen LogP contribution is 2.14. The normalized spacial score (nSPS) is 11.2. The minimum absolute atomic E-state index is 0.121. The van der Waals surface area contributed by atoms with E-state index in [2.05, 4.69) is 15.7 Å². The molecule has 0 saturated heterocycles. The minimum Gasteiger partial charge on any atom is -0.377 e. The molecule has 0 fully saturated rings. The monoisotopic (exact) mass is 256 g/mol. The SMILES string of the molecule is COC(C)(C)CNC(=O)c1ccnc(NN)c1F. The highest BCUT2D eigenvalue weighted by Gasteiger charge is 2.20. The van der Waals surface area contributed by atoms with Gasteiger partial charge < -0.3 is 15.5 Å². The summed E-state index contributed by atoms with van der Waals surface area (Å²) >= 11 is 0. The van der Waals surface area contributed by atoms with Crippen molar-refractivity contribution in [3.05, 3.63) is 23.6 Å². The average molecular weight is 256 g/mol. The molecule has 0 atom stereocenters. The molecule has 18 heavy (non-hydrogen) atoms. The molecule has 0 unspecified atom stereocenters. The van der Waals surface area contributed by atoms with Crippen molar-refractivity contribution in [1.29, 1.82) is 0 Å². The molecule has 0 aromatic carbocycles. The number of nitrogens with one attached hydrogen (secondary N) is 2. The van der Waals surface area contributed by atoms with E-state index in [9.17, 15) is 9.18 Å². The fourth-order valence-electron chi connectivity index (χ4n) is 1.18. The van der Waals surface area contributed by atoms with Gasteiger partial charge in [-0.2, -0.15) is 0 Å². The predicted octanol–water partition coefficient (Wildman–Crippen LogP) is 0.661. The zero-order valence-electron chi connectivity index (χ0n) is 10.6. The summed E-state index contributed by atoms with van der Waals surface area (Å²) in [5.74, 6) is 3.58. The van der Waals surface area contributed by atoms with Gasteiger partial charge >= 0.3 is 0 Å². The molecule has 0 spiro atoms. The van der Waals surface area contributed by atoms with Crippen LogP contribution in [0.1, 0.15) is 24.2 Å². The second-order valence-electron chi connectivity index (χ2n) is 4.31. The van der Waals surface area contributed by atoms with Crippen LogP contribution in [0.25, 0.3) is 0 Å². The molecule has 0 radical (unpaired) electrons. The molecular formula is C11H17FN4O2. The molecule has 1 amide bonds. The summed E-state index contributed by atoms with van der Waals surface area (Å²) in [5, 5.41) is 2.58. The number of amides is 1. The van der Waals surface area contributed by atoms with Crippen LogP contribution >= 0.6 is 0 Å². The van der Waals surface area contributed by atoms with E-state index < -0.39 is 17.3 Å². The fourth-order valence-corrected chi connectivity index (χ4v) is 1.18. The van der Waals surface area contributed by atoms with Crippen LogP contribution in [-0.2, 0) is 4.74 Å². The van der Waals surface area contributed by atoms with Crippen LogP contribution in [0.15, 0.2) is 12.3 Å². The Balaban J connectivity index is 2.79. The summed E-state index contributed by atoms with van der Waals surface area (Å²) in [4.78, 5) is 15.4. The number of nitrogens with zero attached hydrogens (tertiary/aromatic N) is 1. The number of halogens is 1. The van der Waals surface area contributed by atoms with Gasteiger partial charge in [0.1, 0.15) is 0 Å². The second-order valence-corrected chi connectivity index (χ2v) is 4.31. The van der Waals surface area contributed by atoms with Gasteiger partial charge in [-0.05, 0) is 19.9 Å². The first-order valence-corrected chi connectivity index (χ1v) is 5.36. The summed E-state index contributed by atoms with van der Waals surface area (Å²) < 4.78 is 18.9. The smallest absolute Gasteiger partial charge is 0.254 e. The molecule has 4 N–H and O–H groups in total. The van der Waals surface area contributed by atoms with Gasteiger partial charge in [0.2, 0.25) is 0 Å². The molecular weight excluding hydrogens is 239 g/mol. The molecule has 0 aliphatic carbocycles. The number of aromatic nitrogens is 1. The number of nitrogens with two attached hydrogens (primary N) is 1. The third-order valence-corrected chi connectivity index (χ3v) is 2.50. The summed E-state index contributed by atoms with van der Waals surface area (Å²) in [7, 11) is 1.54. The van der Waals surface area contributed by atoms with E-state index in [4.69, 9.17) is 10.6 Å². The Kier molecular flexibility index (Phi) is 4.57. The van der Waals surface area contributed by atoms with Crippen molar-refractivity contribution in [3.63, 3.8) is 0 Å². The van der Waals surface area contributed by atoms with Gasteiger partial charge in [0.15, 0.2) is 11.6 Å². The Morgan fingerprint density at radius 1 is 1.61 bits per heavy atom. The van der Waals surface area contributed by atoms with Crippen molar-refractivity contribution < 1.29 is 13.9 Å². The Bertz CT molecular complexity index is 437. The van der Waals surface area contributed by atoms with E-state index in [-0.39, 0.29) is 17.9 Å². The molecule has 1 aromatic heterocycles. The predicted molar refractivity (Wildman–Crippen MR) is 65.4 cm³/mol. The van der Waals surface area contributed by atoms with Crippen LogP contribution in [0.3, 0.4) is 0 Å². The Hall–Kier alpha value is -1.73. The number of ether oxygens (including phenoxy) is 1. The van der Waals surface area contributed by atoms with Crippen molar-refractivity contribution in [3.8, 4) is 0 Å². The van der Waals surface area contributed by atoms with E-state index in [1.807, 2.05) is 13.8 Å². The molecule has 0 aliphatic heterocycles. The molecule has 0 saturated carbocycles. The number of carbonyl (C=O) groups is 1. The topological polar surface area (TPSA) is 89.3 Å². The number of hydrazine groups is 1. The lowest BCUT2D eigenvalue weighted by Gasteiger charge is -2.23.